The Hall–Kier alpha value is -2.73. The van der Waals surface area contributed by atoms with Crippen LogP contribution in [-0.2, 0) is 16.8 Å². The monoisotopic (exact) mass is 384 g/mol. The minimum atomic E-state index is -0.463. The zero-order valence-electron chi connectivity index (χ0n) is 17.6. The highest BCUT2D eigenvalue weighted by Crippen LogP contribution is 2.30. The molecular weight excluding hydrogens is 354 g/mol. The summed E-state index contributed by atoms with van der Waals surface area (Å²) < 4.78 is 0. The van der Waals surface area contributed by atoms with Crippen molar-refractivity contribution >= 4 is 17.3 Å². The predicted molar refractivity (Wildman–Crippen MR) is 112 cm³/mol. The van der Waals surface area contributed by atoms with E-state index in [9.17, 15) is 14.9 Å². The molecule has 0 bridgehead atoms. The van der Waals surface area contributed by atoms with Gasteiger partial charge in [0.2, 0.25) is 0 Å². The van der Waals surface area contributed by atoms with Crippen molar-refractivity contribution in [3.63, 3.8) is 0 Å². The molecule has 2 rings (SSSR count). The van der Waals surface area contributed by atoms with Gasteiger partial charge in [-0.15, -0.1) is 0 Å². The third kappa shape index (κ3) is 5.39. The maximum atomic E-state index is 12.5. The van der Waals surface area contributed by atoms with Crippen molar-refractivity contribution < 1.29 is 14.6 Å². The summed E-state index contributed by atoms with van der Waals surface area (Å²) in [5, 5.41) is 14.0. The summed E-state index contributed by atoms with van der Waals surface area (Å²) in [7, 11) is 1.94. The van der Waals surface area contributed by atoms with Crippen LogP contribution in [0.5, 0.6) is 0 Å². The van der Waals surface area contributed by atoms with Gasteiger partial charge in [0.05, 0.1) is 12.0 Å². The Labute approximate surface area is 166 Å². The first-order valence-corrected chi connectivity index (χ1v) is 9.44. The third-order valence-electron chi connectivity index (χ3n) is 4.96. The molecular formula is C22H30N3O3+. The number of benzene rings is 2. The maximum Gasteiger partial charge on any atom is 0.293 e. The van der Waals surface area contributed by atoms with Gasteiger partial charge in [0.1, 0.15) is 12.2 Å². The molecule has 0 saturated heterocycles. The molecule has 0 aliphatic rings. The van der Waals surface area contributed by atoms with Crippen molar-refractivity contribution in [1.29, 1.82) is 0 Å². The van der Waals surface area contributed by atoms with Crippen LogP contribution in [-0.4, -0.2) is 24.4 Å². The molecule has 1 unspecified atom stereocenters. The van der Waals surface area contributed by atoms with Crippen LogP contribution in [0.25, 0.3) is 0 Å². The maximum absolute atomic E-state index is 12.5. The summed E-state index contributed by atoms with van der Waals surface area (Å²) in [5.74, 6) is -0.236. The van der Waals surface area contributed by atoms with Gasteiger partial charge in [-0.05, 0) is 36.0 Å². The normalized spacial score (nSPS) is 12.5. The number of nitrogens with zero attached hydrogens (tertiary/aromatic N) is 1. The summed E-state index contributed by atoms with van der Waals surface area (Å²) in [4.78, 5) is 24.3. The number of rotatable bonds is 6. The Kier molecular flexibility index (Phi) is 6.56. The molecule has 0 heterocycles. The highest BCUT2D eigenvalue weighted by molar-refractivity contribution is 5.95. The lowest BCUT2D eigenvalue weighted by atomic mass is 9.87. The SMILES string of the molecule is Cc1ccc([N+](=O)[O-])c(NC(=O)C[NH+](C)Cc2ccc(C(C)(C)C)cc2)c1C. The van der Waals surface area contributed by atoms with Crippen molar-refractivity contribution in [1.82, 2.24) is 0 Å². The number of amides is 1. The number of anilines is 1. The van der Waals surface area contributed by atoms with Crippen LogP contribution < -0.4 is 10.2 Å². The number of quaternary nitrogens is 1. The molecule has 1 atom stereocenters. The number of likely N-dealkylation sites (N-methyl/N-ethyl adjacent to an activating group) is 1. The van der Waals surface area contributed by atoms with Crippen molar-refractivity contribution in [3.05, 3.63) is 68.8 Å². The van der Waals surface area contributed by atoms with E-state index in [4.69, 9.17) is 0 Å². The van der Waals surface area contributed by atoms with E-state index in [1.165, 1.54) is 11.6 Å². The van der Waals surface area contributed by atoms with Crippen LogP contribution in [0.1, 0.15) is 43.0 Å². The van der Waals surface area contributed by atoms with Gasteiger partial charge in [-0.3, -0.25) is 14.9 Å². The standard InChI is InChI=1S/C22H29N3O3/c1-15-7-12-19(25(27)28)21(16(15)2)23-20(26)14-24(6)13-17-8-10-18(11-9-17)22(3,4)5/h7-12H,13-14H2,1-6H3,(H,23,26)/p+1. The Bertz CT molecular complexity index is 868. The molecule has 2 N–H and O–H groups in total. The van der Waals surface area contributed by atoms with E-state index in [2.05, 4.69) is 50.4 Å². The second-order valence-electron chi connectivity index (χ2n) is 8.46. The van der Waals surface area contributed by atoms with E-state index >= 15 is 0 Å². The molecule has 0 aromatic heterocycles. The number of hydrogen-bond donors (Lipinski definition) is 2. The number of hydrogen-bond acceptors (Lipinski definition) is 3. The van der Waals surface area contributed by atoms with Crippen molar-refractivity contribution in [2.75, 3.05) is 18.9 Å². The van der Waals surface area contributed by atoms with Gasteiger partial charge in [-0.2, -0.15) is 0 Å². The number of carbonyl (C=O) groups excluding carboxylic acids is 1. The van der Waals surface area contributed by atoms with E-state index in [0.717, 1.165) is 21.6 Å². The Morgan fingerprint density at radius 2 is 1.71 bits per heavy atom. The van der Waals surface area contributed by atoms with Crippen LogP contribution >= 0.6 is 0 Å². The summed E-state index contributed by atoms with van der Waals surface area (Å²) in [5.41, 5.74) is 4.37. The molecule has 150 valence electrons. The van der Waals surface area contributed by atoms with Gasteiger partial charge in [0.25, 0.3) is 11.6 Å². The van der Waals surface area contributed by atoms with E-state index in [1.807, 2.05) is 14.0 Å². The molecule has 0 saturated carbocycles. The van der Waals surface area contributed by atoms with Crippen molar-refractivity contribution in [3.8, 4) is 0 Å². The quantitative estimate of drug-likeness (QED) is 0.593. The van der Waals surface area contributed by atoms with Gasteiger partial charge in [-0.1, -0.05) is 51.1 Å². The molecule has 0 spiro atoms. The highest BCUT2D eigenvalue weighted by Gasteiger charge is 2.21. The van der Waals surface area contributed by atoms with E-state index in [1.54, 1.807) is 13.0 Å². The van der Waals surface area contributed by atoms with Crippen LogP contribution in [0, 0.1) is 24.0 Å². The average Bonchev–Trinajstić information content (AvgIpc) is 2.58. The summed E-state index contributed by atoms with van der Waals surface area (Å²) >= 11 is 0. The second-order valence-corrected chi connectivity index (χ2v) is 8.46. The molecule has 0 aliphatic heterocycles. The van der Waals surface area contributed by atoms with E-state index in [-0.39, 0.29) is 29.2 Å². The first kappa shape index (κ1) is 21.6. The lowest BCUT2D eigenvalue weighted by Crippen LogP contribution is -3.08. The first-order chi connectivity index (χ1) is 13.0. The number of carbonyl (C=O) groups is 1. The first-order valence-electron chi connectivity index (χ1n) is 9.44. The summed E-state index contributed by atoms with van der Waals surface area (Å²) in [6.07, 6.45) is 0. The van der Waals surface area contributed by atoms with Gasteiger partial charge >= 0.3 is 0 Å². The fourth-order valence-electron chi connectivity index (χ4n) is 3.10. The summed E-state index contributed by atoms with van der Waals surface area (Å²) in [6.45, 7) is 11.1. The van der Waals surface area contributed by atoms with Crippen LogP contribution in [0.2, 0.25) is 0 Å². The molecule has 6 heteroatoms. The number of nitro groups is 1. The molecule has 0 fully saturated rings. The number of aryl methyl sites for hydroxylation is 1. The molecule has 2 aromatic rings. The smallest absolute Gasteiger partial charge is 0.293 e. The van der Waals surface area contributed by atoms with Crippen molar-refractivity contribution in [2.24, 2.45) is 0 Å². The van der Waals surface area contributed by atoms with Gasteiger partial charge < -0.3 is 10.2 Å². The highest BCUT2D eigenvalue weighted by atomic mass is 16.6. The zero-order chi connectivity index (χ0) is 21.1. The largest absolute Gasteiger partial charge is 0.326 e. The fourth-order valence-corrected chi connectivity index (χ4v) is 3.10. The van der Waals surface area contributed by atoms with Crippen LogP contribution in [0.4, 0.5) is 11.4 Å². The molecule has 0 radical (unpaired) electrons. The minimum absolute atomic E-state index is 0.0770. The molecule has 28 heavy (non-hydrogen) atoms. The van der Waals surface area contributed by atoms with Gasteiger partial charge in [0, 0.05) is 11.6 Å². The Morgan fingerprint density at radius 1 is 1.11 bits per heavy atom. The average molecular weight is 385 g/mol. The third-order valence-corrected chi connectivity index (χ3v) is 4.96. The topological polar surface area (TPSA) is 76.7 Å². The minimum Gasteiger partial charge on any atom is -0.326 e. The molecule has 1 amide bonds. The molecule has 6 nitrogen and oxygen atoms in total. The van der Waals surface area contributed by atoms with Crippen LogP contribution in [0.3, 0.4) is 0 Å². The predicted octanol–water partition coefficient (Wildman–Crippen LogP) is 3.16. The van der Waals surface area contributed by atoms with Gasteiger partial charge in [-0.25, -0.2) is 0 Å². The molecule has 0 aliphatic carbocycles. The Morgan fingerprint density at radius 3 is 2.25 bits per heavy atom. The number of nitrogens with one attached hydrogen (secondary N) is 2. The van der Waals surface area contributed by atoms with Gasteiger partial charge in [0.15, 0.2) is 6.54 Å². The summed E-state index contributed by atoms with van der Waals surface area (Å²) in [6, 6.07) is 11.6. The van der Waals surface area contributed by atoms with E-state index < -0.39 is 4.92 Å². The lowest BCUT2D eigenvalue weighted by molar-refractivity contribution is -0.885. The lowest BCUT2D eigenvalue weighted by Gasteiger charge is -2.20. The zero-order valence-corrected chi connectivity index (χ0v) is 17.6. The van der Waals surface area contributed by atoms with Crippen LogP contribution in [0.15, 0.2) is 36.4 Å². The van der Waals surface area contributed by atoms with Crippen molar-refractivity contribution in [2.45, 2.75) is 46.6 Å². The fraction of sp³-hybridized carbons (Fsp3) is 0.409. The Balaban J connectivity index is 2.04. The second kappa shape index (κ2) is 8.52. The van der Waals surface area contributed by atoms with E-state index in [0.29, 0.717) is 6.54 Å². The number of nitro benzene ring substituents is 1. The molecule has 2 aromatic carbocycles.